The third-order valence-electron chi connectivity index (χ3n) is 1.54. The number of amides is 2. The first-order valence-electron chi connectivity index (χ1n) is 3.09. The molecule has 0 atom stereocenters. The minimum absolute atomic E-state index is 0. The monoisotopic (exact) mass is 164 g/mol. The summed E-state index contributed by atoms with van der Waals surface area (Å²) in [6.45, 7) is 0. The zero-order valence-electron chi connectivity index (χ0n) is 5.50. The molecule has 0 spiro atoms. The molecule has 0 radical (unpaired) electrons. The number of aromatic nitrogens is 1. The quantitative estimate of drug-likeness (QED) is 0.571. The fourth-order valence-electron chi connectivity index (χ4n) is 1.01. The Kier molecular flexibility index (Phi) is 1.91. The Morgan fingerprint density at radius 3 is 2.50 bits per heavy atom. The van der Waals surface area contributed by atoms with E-state index in [2.05, 4.69) is 10.3 Å². The van der Waals surface area contributed by atoms with Crippen LogP contribution in [0.3, 0.4) is 0 Å². The van der Waals surface area contributed by atoms with Crippen LogP contribution in [0.2, 0.25) is 0 Å². The number of pyridine rings is 1. The Morgan fingerprint density at radius 2 is 1.83 bits per heavy atom. The molecule has 0 aliphatic carbocycles. The van der Waals surface area contributed by atoms with Gasteiger partial charge in [0.05, 0.1) is 11.1 Å². The number of fused-ring (bicyclic) bond motifs is 1. The van der Waals surface area contributed by atoms with Crippen LogP contribution in [-0.4, -0.2) is 16.8 Å². The van der Waals surface area contributed by atoms with E-state index in [0.29, 0.717) is 11.1 Å². The van der Waals surface area contributed by atoms with Crippen molar-refractivity contribution in [3.63, 3.8) is 0 Å². The van der Waals surface area contributed by atoms with Crippen molar-refractivity contribution in [1.29, 1.82) is 0 Å². The van der Waals surface area contributed by atoms with E-state index >= 15 is 0 Å². The highest BCUT2D eigenvalue weighted by molar-refractivity contribution is 6.21. The number of rotatable bonds is 0. The zero-order valence-corrected chi connectivity index (χ0v) is 5.50. The maximum Gasteiger partial charge on any atom is 0.260 e. The molecule has 1 aliphatic heterocycles. The third-order valence-corrected chi connectivity index (χ3v) is 1.54. The fourth-order valence-corrected chi connectivity index (χ4v) is 1.01. The van der Waals surface area contributed by atoms with Crippen molar-refractivity contribution in [3.8, 4) is 0 Å². The second kappa shape index (κ2) is 2.73. The lowest BCUT2D eigenvalue weighted by Crippen LogP contribution is -2.19. The largest absolute Gasteiger partial charge is 0.288 e. The van der Waals surface area contributed by atoms with Crippen LogP contribution >= 0.6 is 0 Å². The molecule has 1 aromatic heterocycles. The van der Waals surface area contributed by atoms with Gasteiger partial charge in [-0.3, -0.25) is 19.9 Å². The molecule has 4 heteroatoms. The van der Waals surface area contributed by atoms with Gasteiger partial charge in [-0.1, -0.05) is 7.43 Å². The highest BCUT2D eigenvalue weighted by Crippen LogP contribution is 2.12. The van der Waals surface area contributed by atoms with Crippen LogP contribution in [0.25, 0.3) is 0 Å². The zero-order chi connectivity index (χ0) is 7.84. The van der Waals surface area contributed by atoms with Crippen molar-refractivity contribution in [2.45, 2.75) is 7.43 Å². The first-order chi connectivity index (χ1) is 5.29. The Bertz CT molecular complexity index is 314. The molecule has 2 rings (SSSR count). The van der Waals surface area contributed by atoms with Gasteiger partial charge in [-0.25, -0.2) is 0 Å². The van der Waals surface area contributed by atoms with Gasteiger partial charge in [0.1, 0.15) is 0 Å². The van der Waals surface area contributed by atoms with Gasteiger partial charge < -0.3 is 0 Å². The molecular weight excluding hydrogens is 156 g/mol. The summed E-state index contributed by atoms with van der Waals surface area (Å²) in [5.74, 6) is -0.703. The molecule has 0 unspecified atom stereocenters. The maximum atomic E-state index is 10.9. The lowest BCUT2D eigenvalue weighted by Gasteiger charge is -1.87. The Balaban J connectivity index is 0.000000720. The number of nitrogens with one attached hydrogen (secondary N) is 1. The van der Waals surface area contributed by atoms with Gasteiger partial charge in [0, 0.05) is 12.4 Å². The minimum Gasteiger partial charge on any atom is -0.288 e. The van der Waals surface area contributed by atoms with Crippen molar-refractivity contribution in [2.24, 2.45) is 0 Å². The molecule has 2 heterocycles. The highest BCUT2D eigenvalue weighted by Gasteiger charge is 2.25. The van der Waals surface area contributed by atoms with Crippen molar-refractivity contribution < 1.29 is 9.59 Å². The van der Waals surface area contributed by atoms with Gasteiger partial charge in [-0.2, -0.15) is 0 Å². The number of nitrogens with zero attached hydrogens (tertiary/aromatic N) is 1. The van der Waals surface area contributed by atoms with Crippen molar-refractivity contribution >= 4 is 11.8 Å². The van der Waals surface area contributed by atoms with Crippen LogP contribution < -0.4 is 5.32 Å². The molecule has 1 aliphatic rings. The SMILES string of the molecule is C.O=C1NC(=O)c2cnccc21. The predicted octanol–water partition coefficient (Wildman–Crippen LogP) is 0.601. The smallest absolute Gasteiger partial charge is 0.260 e. The summed E-state index contributed by atoms with van der Waals surface area (Å²) < 4.78 is 0. The second-order valence-electron chi connectivity index (χ2n) is 2.20. The van der Waals surface area contributed by atoms with Crippen LogP contribution in [0.5, 0.6) is 0 Å². The lowest BCUT2D eigenvalue weighted by molar-refractivity contribution is 0.0879. The lowest BCUT2D eigenvalue weighted by atomic mass is 10.2. The highest BCUT2D eigenvalue weighted by atomic mass is 16.2. The van der Waals surface area contributed by atoms with Crippen molar-refractivity contribution in [1.82, 2.24) is 10.3 Å². The number of carbonyl (C=O) groups is 2. The van der Waals surface area contributed by atoms with Gasteiger partial charge in [0.15, 0.2) is 0 Å². The Hall–Kier alpha value is -1.71. The molecule has 4 nitrogen and oxygen atoms in total. The van der Waals surface area contributed by atoms with Crippen molar-refractivity contribution in [2.75, 3.05) is 0 Å². The van der Waals surface area contributed by atoms with Crippen LogP contribution in [0.4, 0.5) is 0 Å². The molecule has 0 saturated heterocycles. The summed E-state index contributed by atoms with van der Waals surface area (Å²) in [5, 5.41) is 2.16. The van der Waals surface area contributed by atoms with E-state index in [9.17, 15) is 9.59 Å². The summed E-state index contributed by atoms with van der Waals surface area (Å²) >= 11 is 0. The number of hydrogen-bond acceptors (Lipinski definition) is 3. The van der Waals surface area contributed by atoms with Gasteiger partial charge in [0.2, 0.25) is 0 Å². The minimum atomic E-state index is -0.363. The molecule has 0 aromatic carbocycles. The summed E-state index contributed by atoms with van der Waals surface area (Å²) in [4.78, 5) is 25.5. The topological polar surface area (TPSA) is 59.1 Å². The van der Waals surface area contributed by atoms with Crippen molar-refractivity contribution in [3.05, 3.63) is 29.6 Å². The normalized spacial score (nSPS) is 13.3. The average Bonchev–Trinajstić information content (AvgIpc) is 2.30. The third kappa shape index (κ3) is 0.972. The number of carbonyl (C=O) groups excluding carboxylic acids is 2. The van der Waals surface area contributed by atoms with E-state index in [1.54, 1.807) is 0 Å². The fraction of sp³-hybridized carbons (Fsp3) is 0.125. The molecule has 0 fully saturated rings. The summed E-state index contributed by atoms with van der Waals surface area (Å²) in [7, 11) is 0. The first kappa shape index (κ1) is 8.39. The molecule has 0 bridgehead atoms. The first-order valence-corrected chi connectivity index (χ1v) is 3.09. The van der Waals surface area contributed by atoms with E-state index in [1.165, 1.54) is 18.5 Å². The molecule has 12 heavy (non-hydrogen) atoms. The predicted molar refractivity (Wildman–Crippen MR) is 42.8 cm³/mol. The van der Waals surface area contributed by atoms with E-state index < -0.39 is 0 Å². The summed E-state index contributed by atoms with van der Waals surface area (Å²) in [6, 6.07) is 1.52. The maximum absolute atomic E-state index is 10.9. The second-order valence-corrected chi connectivity index (χ2v) is 2.20. The standard InChI is InChI=1S/C7H4N2O2.CH4/c10-6-4-1-2-8-3-5(4)7(11)9-6;/h1-3H,(H,9,10,11);1H4. The van der Waals surface area contributed by atoms with E-state index in [0.717, 1.165) is 0 Å². The Morgan fingerprint density at radius 1 is 1.17 bits per heavy atom. The van der Waals surface area contributed by atoms with Gasteiger partial charge in [0.25, 0.3) is 11.8 Å². The van der Waals surface area contributed by atoms with E-state index in [1.807, 2.05) is 0 Å². The molecule has 1 aromatic rings. The van der Waals surface area contributed by atoms with Crippen LogP contribution in [0.15, 0.2) is 18.5 Å². The molecule has 2 amide bonds. The van der Waals surface area contributed by atoms with Gasteiger partial charge in [-0.15, -0.1) is 0 Å². The Labute approximate surface area is 69.6 Å². The molecule has 0 saturated carbocycles. The molecule has 1 N–H and O–H groups in total. The molecular formula is C8H8N2O2. The number of hydrogen-bond donors (Lipinski definition) is 1. The summed E-state index contributed by atoms with van der Waals surface area (Å²) in [6.07, 6.45) is 2.87. The van der Waals surface area contributed by atoms with E-state index in [4.69, 9.17) is 0 Å². The van der Waals surface area contributed by atoms with Crippen LogP contribution in [0, 0.1) is 0 Å². The summed E-state index contributed by atoms with van der Waals surface area (Å²) in [5.41, 5.74) is 0.766. The van der Waals surface area contributed by atoms with Crippen LogP contribution in [0.1, 0.15) is 28.1 Å². The number of imide groups is 1. The van der Waals surface area contributed by atoms with E-state index in [-0.39, 0.29) is 19.2 Å². The average molecular weight is 164 g/mol. The van der Waals surface area contributed by atoms with Crippen LogP contribution in [-0.2, 0) is 0 Å². The van der Waals surface area contributed by atoms with Gasteiger partial charge in [-0.05, 0) is 6.07 Å². The molecule has 62 valence electrons. The van der Waals surface area contributed by atoms with Gasteiger partial charge >= 0.3 is 0 Å².